The van der Waals surface area contributed by atoms with Gasteiger partial charge in [-0.1, -0.05) is 72.2 Å². The van der Waals surface area contributed by atoms with Crippen molar-refractivity contribution in [1.29, 1.82) is 0 Å². The predicted octanol–water partition coefficient (Wildman–Crippen LogP) is 6.23. The molecule has 1 heterocycles. The second-order valence-corrected chi connectivity index (χ2v) is 11.1. The molecule has 1 N–H and O–H groups in total. The van der Waals surface area contributed by atoms with Crippen molar-refractivity contribution in [2.75, 3.05) is 32.8 Å². The van der Waals surface area contributed by atoms with Gasteiger partial charge in [-0.05, 0) is 66.7 Å². The first-order valence-electron chi connectivity index (χ1n) is 13.9. The molecule has 0 saturated carbocycles. The number of carbonyl (C=O) groups excluding carboxylic acids is 2. The summed E-state index contributed by atoms with van der Waals surface area (Å²) in [7, 11) is 0. The smallest absolute Gasteiger partial charge is 0.295 e. The summed E-state index contributed by atoms with van der Waals surface area (Å²) in [6.07, 6.45) is 2.01. The van der Waals surface area contributed by atoms with Gasteiger partial charge in [0.1, 0.15) is 11.5 Å². The molecule has 1 saturated heterocycles. The number of likely N-dealkylation sites (N-methyl/N-ethyl adjacent to an activating group) is 1. The number of aryl methyl sites for hydroxylation is 1. The normalized spacial score (nSPS) is 17.5. The highest BCUT2D eigenvalue weighted by atomic mass is 16.5. The van der Waals surface area contributed by atoms with Crippen LogP contribution in [0.3, 0.4) is 0 Å². The molecule has 1 atom stereocenters. The third-order valence-electron chi connectivity index (χ3n) is 7.39. The summed E-state index contributed by atoms with van der Waals surface area (Å²) >= 11 is 0. The van der Waals surface area contributed by atoms with E-state index in [1.54, 1.807) is 11.0 Å². The predicted molar refractivity (Wildman–Crippen MR) is 154 cm³/mol. The molecule has 0 aromatic heterocycles. The lowest BCUT2D eigenvalue weighted by molar-refractivity contribution is -0.140. The fraction of sp³-hybridized carbons (Fsp3) is 0.500. The minimum absolute atomic E-state index is 0.0262. The van der Waals surface area contributed by atoms with E-state index in [0.717, 1.165) is 48.4 Å². The number of rotatable bonds is 11. The monoisotopic (exact) mass is 520 g/mol. The number of aliphatic hydroxyl groups is 1. The van der Waals surface area contributed by atoms with Gasteiger partial charge in [0.2, 0.25) is 0 Å². The summed E-state index contributed by atoms with van der Waals surface area (Å²) < 4.78 is 5.87. The lowest BCUT2D eigenvalue weighted by atomic mass is 9.85. The van der Waals surface area contributed by atoms with Gasteiger partial charge < -0.3 is 19.6 Å². The van der Waals surface area contributed by atoms with Crippen molar-refractivity contribution in [3.8, 4) is 5.75 Å². The Bertz CT molecular complexity index is 1160. The molecule has 0 aliphatic carbocycles. The van der Waals surface area contributed by atoms with Crippen molar-refractivity contribution in [3.05, 3.63) is 70.3 Å². The molecule has 6 nitrogen and oxygen atoms in total. The lowest BCUT2D eigenvalue weighted by Gasteiger charge is -2.28. The summed E-state index contributed by atoms with van der Waals surface area (Å²) in [6, 6.07) is 12.8. The number of unbranched alkanes of at least 4 members (excludes halogenated alkanes) is 1. The number of aliphatic hydroxyl groups excluding tert-OH is 1. The van der Waals surface area contributed by atoms with E-state index < -0.39 is 17.7 Å². The van der Waals surface area contributed by atoms with Gasteiger partial charge in [0.25, 0.3) is 11.7 Å². The van der Waals surface area contributed by atoms with Crippen molar-refractivity contribution >= 4 is 17.4 Å². The van der Waals surface area contributed by atoms with Gasteiger partial charge >= 0.3 is 0 Å². The second kappa shape index (κ2) is 12.6. The standard InChI is InChI=1S/C32H44N2O4/c1-8-11-20-38-26-17-14-24(21-22(26)4)29(35)27-28(23-12-15-25(16-13-23)32(5,6)7)34(31(37)30(27)36)19-18-33(9-2)10-3/h12-17,21,28,35H,8-11,18-20H2,1-7H3/b29-27-. The number of benzene rings is 2. The molecule has 38 heavy (non-hydrogen) atoms. The van der Waals surface area contributed by atoms with E-state index in [9.17, 15) is 14.7 Å². The van der Waals surface area contributed by atoms with Crippen LogP contribution >= 0.6 is 0 Å². The molecule has 6 heteroatoms. The maximum atomic E-state index is 13.4. The Morgan fingerprint density at radius 3 is 2.24 bits per heavy atom. The number of hydrogen-bond donors (Lipinski definition) is 1. The van der Waals surface area contributed by atoms with Crippen LogP contribution in [0.4, 0.5) is 0 Å². The van der Waals surface area contributed by atoms with Crippen LogP contribution in [0.5, 0.6) is 5.75 Å². The molecule has 0 bridgehead atoms. The second-order valence-electron chi connectivity index (χ2n) is 11.1. The molecule has 1 unspecified atom stereocenters. The van der Waals surface area contributed by atoms with E-state index in [-0.39, 0.29) is 16.7 Å². The van der Waals surface area contributed by atoms with Crippen LogP contribution < -0.4 is 4.74 Å². The van der Waals surface area contributed by atoms with Crippen LogP contribution in [0.25, 0.3) is 5.76 Å². The Morgan fingerprint density at radius 2 is 1.68 bits per heavy atom. The Morgan fingerprint density at radius 1 is 1.03 bits per heavy atom. The van der Waals surface area contributed by atoms with E-state index >= 15 is 0 Å². The first-order valence-corrected chi connectivity index (χ1v) is 13.9. The Labute approximate surface area is 228 Å². The Balaban J connectivity index is 2.07. The summed E-state index contributed by atoms with van der Waals surface area (Å²) in [5.74, 6) is -0.612. The van der Waals surface area contributed by atoms with Gasteiger partial charge in [0.05, 0.1) is 18.2 Å². The van der Waals surface area contributed by atoms with Gasteiger partial charge in [-0.15, -0.1) is 0 Å². The van der Waals surface area contributed by atoms with Gasteiger partial charge in [0.15, 0.2) is 0 Å². The minimum atomic E-state index is -0.652. The van der Waals surface area contributed by atoms with Crippen molar-refractivity contribution in [2.45, 2.75) is 72.8 Å². The minimum Gasteiger partial charge on any atom is -0.507 e. The molecule has 1 amide bonds. The van der Waals surface area contributed by atoms with E-state index in [4.69, 9.17) is 4.74 Å². The van der Waals surface area contributed by atoms with Crippen LogP contribution in [0.1, 0.15) is 82.7 Å². The highest BCUT2D eigenvalue weighted by molar-refractivity contribution is 6.46. The van der Waals surface area contributed by atoms with E-state index in [0.29, 0.717) is 25.3 Å². The molecule has 0 radical (unpaired) electrons. The van der Waals surface area contributed by atoms with Gasteiger partial charge in [0, 0.05) is 18.7 Å². The fourth-order valence-corrected chi connectivity index (χ4v) is 4.85. The SMILES string of the molecule is CCCCOc1ccc(/C(O)=C2/C(=O)C(=O)N(CCN(CC)CC)C2c2ccc(C(C)(C)C)cc2)cc1C. The molecule has 1 aliphatic heterocycles. The molecule has 1 fully saturated rings. The van der Waals surface area contributed by atoms with Crippen molar-refractivity contribution in [2.24, 2.45) is 0 Å². The van der Waals surface area contributed by atoms with Crippen molar-refractivity contribution < 1.29 is 19.4 Å². The maximum absolute atomic E-state index is 13.4. The maximum Gasteiger partial charge on any atom is 0.295 e. The molecule has 2 aromatic rings. The number of amides is 1. The van der Waals surface area contributed by atoms with Gasteiger partial charge in [-0.3, -0.25) is 9.59 Å². The zero-order valence-corrected chi connectivity index (χ0v) is 24.1. The van der Waals surface area contributed by atoms with Crippen molar-refractivity contribution in [1.82, 2.24) is 9.80 Å². The van der Waals surface area contributed by atoms with Gasteiger partial charge in [-0.25, -0.2) is 0 Å². The Hall–Kier alpha value is -3.12. The van der Waals surface area contributed by atoms with Crippen molar-refractivity contribution in [3.63, 3.8) is 0 Å². The molecule has 1 aliphatic rings. The number of nitrogens with zero attached hydrogens (tertiary/aromatic N) is 2. The number of hydrogen-bond acceptors (Lipinski definition) is 5. The number of carbonyl (C=O) groups is 2. The van der Waals surface area contributed by atoms with Crippen LogP contribution in [0.2, 0.25) is 0 Å². The van der Waals surface area contributed by atoms with Crippen LogP contribution in [-0.2, 0) is 15.0 Å². The topological polar surface area (TPSA) is 70.1 Å². The van der Waals surface area contributed by atoms with E-state index in [1.807, 2.05) is 43.3 Å². The van der Waals surface area contributed by atoms with Crippen LogP contribution in [-0.4, -0.2) is 59.4 Å². The third kappa shape index (κ3) is 6.47. The molecule has 206 valence electrons. The zero-order valence-electron chi connectivity index (χ0n) is 24.1. The zero-order chi connectivity index (χ0) is 28.0. The van der Waals surface area contributed by atoms with E-state index in [2.05, 4.69) is 46.4 Å². The number of ether oxygens (including phenoxy) is 1. The summed E-state index contributed by atoms with van der Waals surface area (Å²) in [6.45, 7) is 18.0. The number of ketones is 1. The molecule has 0 spiro atoms. The highest BCUT2D eigenvalue weighted by Gasteiger charge is 2.46. The molecular weight excluding hydrogens is 476 g/mol. The van der Waals surface area contributed by atoms with Crippen LogP contribution in [0.15, 0.2) is 48.0 Å². The third-order valence-corrected chi connectivity index (χ3v) is 7.39. The van der Waals surface area contributed by atoms with Gasteiger partial charge in [-0.2, -0.15) is 0 Å². The summed E-state index contributed by atoms with van der Waals surface area (Å²) in [5.41, 5.74) is 3.46. The van der Waals surface area contributed by atoms with Crippen LogP contribution in [0, 0.1) is 6.92 Å². The quantitative estimate of drug-likeness (QED) is 0.164. The fourth-order valence-electron chi connectivity index (χ4n) is 4.85. The number of likely N-dealkylation sites (tertiary alicyclic amines) is 1. The number of Topliss-reactive ketones (excluding diaryl/α,β-unsaturated/α-hetero) is 1. The molecule has 2 aromatic carbocycles. The highest BCUT2D eigenvalue weighted by Crippen LogP contribution is 2.40. The average molecular weight is 521 g/mol. The summed E-state index contributed by atoms with van der Waals surface area (Å²) in [4.78, 5) is 30.6. The van der Waals surface area contributed by atoms with E-state index in [1.165, 1.54) is 0 Å². The summed E-state index contributed by atoms with van der Waals surface area (Å²) in [5, 5.41) is 11.5. The average Bonchev–Trinajstić information content (AvgIpc) is 3.14. The molecule has 3 rings (SSSR count). The molecular formula is C32H44N2O4. The first kappa shape index (κ1) is 29.4. The lowest BCUT2D eigenvalue weighted by Crippen LogP contribution is -2.38. The largest absolute Gasteiger partial charge is 0.507 e. The Kier molecular flexibility index (Phi) is 9.77. The first-order chi connectivity index (χ1) is 18.0.